The fourth-order valence-corrected chi connectivity index (χ4v) is 3.32. The Bertz CT molecular complexity index is 690. The van der Waals surface area contributed by atoms with Crippen molar-refractivity contribution in [2.24, 2.45) is 11.8 Å². The fraction of sp³-hybridized carbons (Fsp3) is 0.500. The van der Waals surface area contributed by atoms with Gasteiger partial charge in [-0.15, -0.1) is 0 Å². The Hall–Kier alpha value is -2.14. The molecule has 1 aliphatic carbocycles. The lowest BCUT2D eigenvalue weighted by molar-refractivity contribution is 0.0238. The van der Waals surface area contributed by atoms with Crippen LogP contribution in [-0.4, -0.2) is 28.3 Å². The normalized spacial score (nSPS) is 21.0. The second-order valence-electron chi connectivity index (χ2n) is 7.43. The lowest BCUT2D eigenvalue weighted by Gasteiger charge is -2.38. The minimum Gasteiger partial charge on any atom is -0.393 e. The lowest BCUT2D eigenvalue weighted by atomic mass is 9.75. The number of carbonyl (C=O) groups excluding carboxylic acids is 1. The summed E-state index contributed by atoms with van der Waals surface area (Å²) in [5, 5.41) is 16.6. The van der Waals surface area contributed by atoms with E-state index in [9.17, 15) is 9.90 Å². The number of benzene rings is 1. The van der Waals surface area contributed by atoms with Gasteiger partial charge in [0.2, 0.25) is 0 Å². The molecule has 0 saturated heterocycles. The summed E-state index contributed by atoms with van der Waals surface area (Å²) in [7, 11) is 0. The Balaban J connectivity index is 1.66. The van der Waals surface area contributed by atoms with Crippen molar-refractivity contribution in [1.29, 1.82) is 0 Å². The van der Waals surface area contributed by atoms with Crippen molar-refractivity contribution in [2.75, 3.05) is 0 Å². The molecule has 1 fully saturated rings. The Morgan fingerprint density at radius 2 is 2.00 bits per heavy atom. The Morgan fingerprint density at radius 1 is 1.28 bits per heavy atom. The minimum absolute atomic E-state index is 0.0106. The number of carbonyl (C=O) groups is 1. The van der Waals surface area contributed by atoms with E-state index in [1.165, 1.54) is 5.56 Å². The van der Waals surface area contributed by atoms with E-state index in [2.05, 4.69) is 36.5 Å². The van der Waals surface area contributed by atoms with Crippen molar-refractivity contribution in [3.8, 4) is 0 Å². The van der Waals surface area contributed by atoms with Crippen LogP contribution >= 0.6 is 0 Å². The van der Waals surface area contributed by atoms with Crippen LogP contribution in [0.3, 0.4) is 0 Å². The van der Waals surface area contributed by atoms with Crippen LogP contribution in [0.5, 0.6) is 0 Å². The smallest absolute Gasteiger partial charge is 0.273 e. The molecule has 1 aromatic carbocycles. The van der Waals surface area contributed by atoms with Crippen LogP contribution in [-0.2, 0) is 12.8 Å². The molecule has 0 radical (unpaired) electrons. The largest absolute Gasteiger partial charge is 0.393 e. The number of aliphatic hydroxyl groups is 1. The van der Waals surface area contributed by atoms with E-state index in [0.29, 0.717) is 17.5 Å². The summed E-state index contributed by atoms with van der Waals surface area (Å²) in [5.74, 6) is 1.27. The first-order chi connectivity index (χ1) is 12.0. The molecule has 1 unspecified atom stereocenters. The molecule has 0 spiro atoms. The average Bonchev–Trinajstić information content (AvgIpc) is 3.00. The van der Waals surface area contributed by atoms with Gasteiger partial charge in [0, 0.05) is 18.5 Å². The zero-order chi connectivity index (χ0) is 17.8. The van der Waals surface area contributed by atoms with Gasteiger partial charge in [0.25, 0.3) is 5.91 Å². The molecule has 5 heteroatoms. The van der Waals surface area contributed by atoms with Crippen LogP contribution in [0.2, 0.25) is 0 Å². The summed E-state index contributed by atoms with van der Waals surface area (Å²) >= 11 is 0. The first-order valence-electron chi connectivity index (χ1n) is 8.99. The van der Waals surface area contributed by atoms with Gasteiger partial charge in [-0.05, 0) is 36.7 Å². The zero-order valence-corrected chi connectivity index (χ0v) is 14.8. The van der Waals surface area contributed by atoms with Crippen LogP contribution in [0, 0.1) is 11.8 Å². The van der Waals surface area contributed by atoms with Crippen molar-refractivity contribution in [1.82, 2.24) is 10.5 Å². The molecule has 1 saturated carbocycles. The molecule has 2 N–H and O–H groups in total. The van der Waals surface area contributed by atoms with Crippen LogP contribution in [0.1, 0.15) is 48.5 Å². The molecule has 2 aromatic rings. The molecule has 0 bridgehead atoms. The molecule has 1 atom stereocenters. The van der Waals surface area contributed by atoms with Crippen LogP contribution < -0.4 is 5.32 Å². The highest BCUT2D eigenvalue weighted by Crippen LogP contribution is 2.32. The predicted molar refractivity (Wildman–Crippen MR) is 95.2 cm³/mol. The van der Waals surface area contributed by atoms with Gasteiger partial charge < -0.3 is 14.9 Å². The van der Waals surface area contributed by atoms with E-state index in [0.717, 1.165) is 31.4 Å². The third-order valence-electron chi connectivity index (χ3n) is 4.73. The van der Waals surface area contributed by atoms with Crippen molar-refractivity contribution >= 4 is 5.91 Å². The van der Waals surface area contributed by atoms with Gasteiger partial charge in [0.1, 0.15) is 5.76 Å². The average molecular weight is 342 g/mol. The summed E-state index contributed by atoms with van der Waals surface area (Å²) in [4.78, 5) is 12.6. The maximum atomic E-state index is 12.6. The summed E-state index contributed by atoms with van der Waals surface area (Å²) in [6.45, 7) is 4.19. The quantitative estimate of drug-likeness (QED) is 0.811. The van der Waals surface area contributed by atoms with Crippen molar-refractivity contribution < 1.29 is 14.4 Å². The van der Waals surface area contributed by atoms with E-state index >= 15 is 0 Å². The molecular weight excluding hydrogens is 316 g/mol. The molecule has 1 aromatic heterocycles. The highest BCUT2D eigenvalue weighted by molar-refractivity contribution is 5.92. The number of hydrogen-bond donors (Lipinski definition) is 2. The highest BCUT2D eigenvalue weighted by Gasteiger charge is 2.35. The number of aromatic nitrogens is 1. The van der Waals surface area contributed by atoms with Crippen molar-refractivity contribution in [3.05, 3.63) is 53.4 Å². The number of aliphatic hydroxyl groups excluding tert-OH is 1. The van der Waals surface area contributed by atoms with Crippen molar-refractivity contribution in [3.63, 3.8) is 0 Å². The highest BCUT2D eigenvalue weighted by atomic mass is 16.5. The Morgan fingerprint density at radius 3 is 2.64 bits per heavy atom. The van der Waals surface area contributed by atoms with Gasteiger partial charge in [-0.2, -0.15) is 0 Å². The predicted octanol–water partition coefficient (Wildman–Crippen LogP) is 2.99. The van der Waals surface area contributed by atoms with Crippen LogP contribution in [0.4, 0.5) is 0 Å². The second-order valence-corrected chi connectivity index (χ2v) is 7.43. The van der Waals surface area contributed by atoms with E-state index in [1.807, 2.05) is 18.2 Å². The molecule has 1 heterocycles. The SMILES string of the molecule is CC(C)Cc1cc(C(=O)NC(Cc2ccccc2)C2CC(O)C2)no1. The number of nitrogens with zero attached hydrogens (tertiary/aromatic N) is 1. The zero-order valence-electron chi connectivity index (χ0n) is 14.8. The van der Waals surface area contributed by atoms with E-state index in [4.69, 9.17) is 4.52 Å². The minimum atomic E-state index is -0.245. The van der Waals surface area contributed by atoms with Crippen LogP contribution in [0.25, 0.3) is 0 Å². The monoisotopic (exact) mass is 342 g/mol. The number of amides is 1. The standard InChI is InChI=1S/C20H26N2O3/c1-13(2)8-17-12-19(22-25-17)20(24)21-18(15-10-16(23)11-15)9-14-6-4-3-5-7-14/h3-7,12-13,15-16,18,23H,8-11H2,1-2H3,(H,21,24). The molecule has 1 amide bonds. The number of rotatable bonds is 7. The molecule has 134 valence electrons. The second kappa shape index (κ2) is 7.83. The Kier molecular flexibility index (Phi) is 5.53. The van der Waals surface area contributed by atoms with Gasteiger partial charge in [0.05, 0.1) is 6.10 Å². The van der Waals surface area contributed by atoms with Gasteiger partial charge in [-0.3, -0.25) is 4.79 Å². The third kappa shape index (κ3) is 4.69. The van der Waals surface area contributed by atoms with E-state index in [1.54, 1.807) is 6.07 Å². The maximum Gasteiger partial charge on any atom is 0.273 e. The van der Waals surface area contributed by atoms with Crippen molar-refractivity contribution in [2.45, 2.75) is 51.7 Å². The number of hydrogen-bond acceptors (Lipinski definition) is 4. The van der Waals surface area contributed by atoms with E-state index in [-0.39, 0.29) is 18.1 Å². The first kappa shape index (κ1) is 17.7. The van der Waals surface area contributed by atoms with Gasteiger partial charge in [-0.25, -0.2) is 0 Å². The lowest BCUT2D eigenvalue weighted by Crippen LogP contribution is -2.48. The van der Waals surface area contributed by atoms with Gasteiger partial charge >= 0.3 is 0 Å². The molecule has 25 heavy (non-hydrogen) atoms. The number of nitrogens with one attached hydrogen (secondary N) is 1. The van der Waals surface area contributed by atoms with Crippen LogP contribution in [0.15, 0.2) is 40.9 Å². The molecule has 1 aliphatic rings. The Labute approximate surface area is 148 Å². The summed E-state index contributed by atoms with van der Waals surface area (Å²) in [5.41, 5.74) is 1.50. The van der Waals surface area contributed by atoms with Gasteiger partial charge in [-0.1, -0.05) is 49.3 Å². The summed E-state index contributed by atoms with van der Waals surface area (Å²) < 4.78 is 5.26. The van der Waals surface area contributed by atoms with Gasteiger partial charge in [0.15, 0.2) is 5.69 Å². The maximum absolute atomic E-state index is 12.6. The fourth-order valence-electron chi connectivity index (χ4n) is 3.32. The summed E-state index contributed by atoms with van der Waals surface area (Å²) in [6.07, 6.45) is 2.73. The molecule has 3 rings (SSSR count). The third-order valence-corrected chi connectivity index (χ3v) is 4.73. The molecular formula is C20H26N2O3. The summed E-state index contributed by atoms with van der Waals surface area (Å²) in [6, 6.07) is 11.8. The first-order valence-corrected chi connectivity index (χ1v) is 8.99. The topological polar surface area (TPSA) is 75.4 Å². The van der Waals surface area contributed by atoms with E-state index < -0.39 is 0 Å². The molecule has 5 nitrogen and oxygen atoms in total. The molecule has 0 aliphatic heterocycles.